The number of carbonyl (C=O) groups excluding carboxylic acids is 3. The monoisotopic (exact) mass is 1040 g/mol. The van der Waals surface area contributed by atoms with Crippen molar-refractivity contribution in [2.75, 3.05) is 0 Å². The van der Waals surface area contributed by atoms with Gasteiger partial charge in [0.15, 0.2) is 6.29 Å². The second-order valence-electron chi connectivity index (χ2n) is 18.9. The summed E-state index contributed by atoms with van der Waals surface area (Å²) in [6.07, 6.45) is 7.71. The third-order valence-electron chi connectivity index (χ3n) is 14.1. The van der Waals surface area contributed by atoms with Gasteiger partial charge >= 0.3 is 0 Å². The van der Waals surface area contributed by atoms with E-state index < -0.39 is 11.6 Å². The summed E-state index contributed by atoms with van der Waals surface area (Å²) in [7, 11) is 0. The number of nitrogens with zero attached hydrogens (tertiary/aromatic N) is 5. The van der Waals surface area contributed by atoms with Gasteiger partial charge in [-0.05, 0) is 89.5 Å². The number of aromatic amines is 4. The van der Waals surface area contributed by atoms with Crippen molar-refractivity contribution in [3.63, 3.8) is 0 Å². The maximum absolute atomic E-state index is 11.8. The lowest BCUT2D eigenvalue weighted by Gasteiger charge is -2.14. The molecule has 1 aliphatic rings. The molecule has 0 unspecified atom stereocenters. The van der Waals surface area contributed by atoms with Crippen LogP contribution in [0.4, 0.5) is 0 Å². The first kappa shape index (κ1) is 48.4. The van der Waals surface area contributed by atoms with Crippen LogP contribution in [0.1, 0.15) is 31.1 Å². The van der Waals surface area contributed by atoms with E-state index in [2.05, 4.69) is 143 Å². The molecule has 80 heavy (non-hydrogen) atoms. The number of fused-ring (bicyclic) bond motifs is 12. The molecule has 0 fully saturated rings. The Bertz CT molecular complexity index is 4630. The third-order valence-corrected chi connectivity index (χ3v) is 14.1. The molecule has 1 aliphatic carbocycles. The van der Waals surface area contributed by atoms with Crippen molar-refractivity contribution in [1.29, 1.82) is 0 Å². The predicted octanol–water partition coefficient (Wildman–Crippen LogP) is 15.5. The molecule has 8 heterocycles. The molecular weight excluding hydrogens is 991 g/mol. The fourth-order valence-corrected chi connectivity index (χ4v) is 10.4. The quantitative estimate of drug-likeness (QED) is 0.0747. The van der Waals surface area contributed by atoms with Crippen molar-refractivity contribution in [1.82, 2.24) is 44.9 Å². The van der Waals surface area contributed by atoms with E-state index in [0.29, 0.717) is 22.5 Å². The van der Waals surface area contributed by atoms with Gasteiger partial charge in [0.2, 0.25) is 11.6 Å². The number of hydrogen-bond acceptors (Lipinski definition) is 8. The van der Waals surface area contributed by atoms with Crippen molar-refractivity contribution >= 4 is 83.4 Å². The second-order valence-corrected chi connectivity index (χ2v) is 18.9. The summed E-state index contributed by atoms with van der Waals surface area (Å²) in [6, 6.07) is 71.9. The van der Waals surface area contributed by atoms with E-state index in [4.69, 9.17) is 4.98 Å². The van der Waals surface area contributed by atoms with Gasteiger partial charge < -0.3 is 19.9 Å². The molecule has 15 aromatic rings. The Morgan fingerprint density at radius 3 is 1.48 bits per heavy atom. The van der Waals surface area contributed by atoms with Crippen LogP contribution < -0.4 is 0 Å². The number of para-hydroxylation sites is 3. The summed E-state index contributed by atoms with van der Waals surface area (Å²) in [6.45, 7) is 0. The zero-order chi connectivity index (χ0) is 53.9. The SMILES string of the molecule is O=C1C(=O)c2cccnc2-c2ncccc21.O=Cc1c(-c2ccccc2)[nH]c2ccccc12.c1ccc(-c2[nH]c3ccccc3c2-c2nc3c4cccnc4c4ncccc4c3[nH]2)cc1.c1ccc(-c2cc3ccccc3[nH]2)cc1. The lowest BCUT2D eigenvalue weighted by molar-refractivity contribution is 0.0814. The van der Waals surface area contributed by atoms with Crippen molar-refractivity contribution in [3.8, 4) is 56.5 Å². The van der Waals surface area contributed by atoms with Crippen LogP contribution in [0.3, 0.4) is 0 Å². The van der Waals surface area contributed by atoms with Crippen molar-refractivity contribution in [2.45, 2.75) is 0 Å². The van der Waals surface area contributed by atoms with Gasteiger partial charge in [0, 0.05) is 79.5 Å². The van der Waals surface area contributed by atoms with Gasteiger partial charge in [0.25, 0.3) is 0 Å². The fourth-order valence-electron chi connectivity index (χ4n) is 10.4. The minimum absolute atomic E-state index is 0.332. The minimum Gasteiger partial charge on any atom is -0.355 e. The van der Waals surface area contributed by atoms with E-state index in [1.54, 1.807) is 36.7 Å². The molecule has 0 radical (unpaired) electrons. The summed E-state index contributed by atoms with van der Waals surface area (Å²) >= 11 is 0. The number of pyridine rings is 4. The Hall–Kier alpha value is -11.2. The number of benzene rings is 7. The number of carbonyl (C=O) groups is 3. The molecule has 0 saturated carbocycles. The van der Waals surface area contributed by atoms with Crippen LogP contribution in [-0.2, 0) is 0 Å². The number of Topliss-reactive ketones (excluding diaryl/α,β-unsaturated/α-hetero) is 2. The van der Waals surface area contributed by atoms with Crippen LogP contribution in [0.5, 0.6) is 0 Å². The highest BCUT2D eigenvalue weighted by Crippen LogP contribution is 2.40. The first-order chi connectivity index (χ1) is 39.5. The molecule has 0 saturated heterocycles. The van der Waals surface area contributed by atoms with Gasteiger partial charge in [-0.2, -0.15) is 0 Å². The van der Waals surface area contributed by atoms with E-state index >= 15 is 0 Å². The van der Waals surface area contributed by atoms with Gasteiger partial charge in [-0.1, -0.05) is 146 Å². The minimum atomic E-state index is -0.511. The highest BCUT2D eigenvalue weighted by molar-refractivity contribution is 6.52. The molecule has 0 aliphatic heterocycles. The number of hydrogen-bond donors (Lipinski definition) is 4. The molecule has 16 rings (SSSR count). The third kappa shape index (κ3) is 8.93. The van der Waals surface area contributed by atoms with E-state index in [0.717, 1.165) is 100 Å². The summed E-state index contributed by atoms with van der Waals surface area (Å²) < 4.78 is 0. The van der Waals surface area contributed by atoms with Crippen LogP contribution in [-0.4, -0.2) is 62.7 Å². The van der Waals surface area contributed by atoms with Crippen LogP contribution in [0.25, 0.3) is 122 Å². The molecule has 4 N–H and O–H groups in total. The maximum Gasteiger partial charge on any atom is 0.235 e. The molecule has 380 valence electrons. The number of aldehydes is 1. The molecule has 0 spiro atoms. The zero-order valence-electron chi connectivity index (χ0n) is 42.6. The van der Waals surface area contributed by atoms with Gasteiger partial charge in [0.1, 0.15) is 17.2 Å². The number of rotatable bonds is 5. The molecule has 0 bridgehead atoms. The fraction of sp³-hybridized carbons (Fsp3) is 0. The summed E-state index contributed by atoms with van der Waals surface area (Å²) in [4.78, 5) is 71.3. The molecular formula is C68H45N9O3. The number of ketones is 2. The van der Waals surface area contributed by atoms with Crippen LogP contribution in [0, 0.1) is 0 Å². The Kier molecular flexibility index (Phi) is 12.7. The smallest absolute Gasteiger partial charge is 0.235 e. The Morgan fingerprint density at radius 1 is 0.375 bits per heavy atom. The first-order valence-corrected chi connectivity index (χ1v) is 25.9. The molecule has 12 nitrogen and oxygen atoms in total. The Morgan fingerprint density at radius 2 is 0.850 bits per heavy atom. The average Bonchev–Trinajstić information content (AvgIpc) is 4.38. The largest absolute Gasteiger partial charge is 0.355 e. The van der Waals surface area contributed by atoms with E-state index in [1.807, 2.05) is 103 Å². The molecule has 0 amide bonds. The van der Waals surface area contributed by atoms with Crippen molar-refractivity contribution in [3.05, 3.63) is 260 Å². The molecule has 8 aromatic heterocycles. The molecule has 7 aromatic carbocycles. The highest BCUT2D eigenvalue weighted by Gasteiger charge is 2.31. The highest BCUT2D eigenvalue weighted by atomic mass is 16.2. The molecule has 0 atom stereocenters. The van der Waals surface area contributed by atoms with Gasteiger partial charge in [-0.3, -0.25) is 34.3 Å². The maximum atomic E-state index is 11.8. The van der Waals surface area contributed by atoms with E-state index in [1.165, 1.54) is 22.2 Å². The summed E-state index contributed by atoms with van der Waals surface area (Å²) in [5, 5.41) is 5.39. The lowest BCUT2D eigenvalue weighted by Crippen LogP contribution is -2.22. The Balaban J connectivity index is 0.000000108. The van der Waals surface area contributed by atoms with Crippen LogP contribution in [0.15, 0.2) is 243 Å². The van der Waals surface area contributed by atoms with Crippen molar-refractivity contribution in [2.24, 2.45) is 0 Å². The van der Waals surface area contributed by atoms with Gasteiger partial charge in [-0.15, -0.1) is 0 Å². The standard InChI is InChI=1S/C27H17N5.C15H11NO.C14H11N.C12H6N2O2/c1-2-8-16(9-3-1)22-21(17-10-4-5-13-20(17)30-22)27-31-25-18-11-6-14-28-23(18)24-19(26(25)32-27)12-7-15-29-24;17-10-13-12-8-4-5-9-14(12)16-15(13)11-6-2-1-3-7-11;1-2-6-11(7-3-1)14-10-12-8-4-5-9-13(12)15-14;15-11-7-3-1-5-13-9(7)10-8(12(11)16)4-2-6-14-10/h1-15,30H,(H,31,32);1-10,16H;1-10,15H;1-6H. The van der Waals surface area contributed by atoms with Gasteiger partial charge in [0.05, 0.1) is 50.1 Å². The first-order valence-electron chi connectivity index (χ1n) is 25.9. The van der Waals surface area contributed by atoms with Crippen LogP contribution in [0.2, 0.25) is 0 Å². The number of H-pyrrole nitrogens is 4. The summed E-state index contributed by atoms with van der Waals surface area (Å²) in [5.41, 5.74) is 16.9. The number of aromatic nitrogens is 9. The van der Waals surface area contributed by atoms with Crippen molar-refractivity contribution < 1.29 is 14.4 Å². The number of nitrogens with one attached hydrogen (secondary N) is 4. The average molecular weight is 1040 g/mol. The van der Waals surface area contributed by atoms with Gasteiger partial charge in [-0.25, -0.2) is 4.98 Å². The van der Waals surface area contributed by atoms with E-state index in [9.17, 15) is 14.4 Å². The number of imidazole rings is 1. The Labute approximate surface area is 457 Å². The van der Waals surface area contributed by atoms with Crippen LogP contribution >= 0.6 is 0 Å². The normalized spacial score (nSPS) is 11.6. The second kappa shape index (κ2) is 21.1. The predicted molar refractivity (Wildman–Crippen MR) is 318 cm³/mol. The van der Waals surface area contributed by atoms with E-state index in [-0.39, 0.29) is 0 Å². The summed E-state index contributed by atoms with van der Waals surface area (Å²) in [5.74, 6) is -0.190. The zero-order valence-corrected chi connectivity index (χ0v) is 42.6. The lowest BCUT2D eigenvalue weighted by atomic mass is 9.91. The topological polar surface area (TPSA) is 179 Å². The molecule has 12 heteroatoms.